The first-order valence-corrected chi connectivity index (χ1v) is 9.90. The summed E-state index contributed by atoms with van der Waals surface area (Å²) >= 11 is 3.70. The molecule has 0 aliphatic carbocycles. The van der Waals surface area contributed by atoms with Crippen LogP contribution in [-0.4, -0.2) is 41.9 Å². The van der Waals surface area contributed by atoms with Crippen molar-refractivity contribution in [3.8, 4) is 11.4 Å². The smallest absolute Gasteiger partial charge is 0.144 e. The van der Waals surface area contributed by atoms with Crippen molar-refractivity contribution in [2.75, 3.05) is 32.2 Å². The third-order valence-corrected chi connectivity index (χ3v) is 6.13. The standard InChI is InChI=1S/C20H22BrN5O/c1-24(2)9-8-12-6-7-16-18(19(12)27)25-10-15(21)13-4-3-5-14(17(13)25)20-23-22-11-26(16)20/h3-7,10,20,22-23,27H,8-9,11H2,1-2H3. The lowest BCUT2D eigenvalue weighted by Gasteiger charge is -2.26. The number of para-hydroxylation sites is 1. The number of phenolic OH excluding ortho intramolecular Hbond substituents is 1. The summed E-state index contributed by atoms with van der Waals surface area (Å²) in [5.74, 6) is 0.362. The van der Waals surface area contributed by atoms with E-state index in [0.29, 0.717) is 12.4 Å². The fourth-order valence-corrected chi connectivity index (χ4v) is 4.68. The van der Waals surface area contributed by atoms with Crippen LogP contribution in [0.1, 0.15) is 17.3 Å². The number of likely N-dealkylation sites (N-methyl/N-ethyl adjacent to an activating group) is 1. The average molecular weight is 428 g/mol. The topological polar surface area (TPSA) is 55.7 Å². The van der Waals surface area contributed by atoms with E-state index in [1.54, 1.807) is 0 Å². The van der Waals surface area contributed by atoms with E-state index in [9.17, 15) is 5.11 Å². The first-order valence-electron chi connectivity index (χ1n) is 9.10. The molecule has 0 bridgehead atoms. The van der Waals surface area contributed by atoms with Crippen LogP contribution in [0.25, 0.3) is 16.6 Å². The van der Waals surface area contributed by atoms with E-state index in [0.717, 1.165) is 45.3 Å². The molecule has 0 radical (unpaired) electrons. The number of benzene rings is 2. The van der Waals surface area contributed by atoms with E-state index in [4.69, 9.17) is 0 Å². The molecule has 3 N–H and O–H groups in total. The average Bonchev–Trinajstić information content (AvgIpc) is 3.23. The van der Waals surface area contributed by atoms with Gasteiger partial charge in [0.05, 0.1) is 17.9 Å². The Labute approximate surface area is 166 Å². The van der Waals surface area contributed by atoms with E-state index in [-0.39, 0.29) is 6.17 Å². The minimum Gasteiger partial charge on any atom is -0.505 e. The highest BCUT2D eigenvalue weighted by Gasteiger charge is 2.35. The number of hydrogen-bond donors (Lipinski definition) is 3. The minimum atomic E-state index is 0.0162. The van der Waals surface area contributed by atoms with Crippen molar-refractivity contribution in [3.05, 3.63) is 52.1 Å². The molecule has 1 aromatic heterocycles. The maximum absolute atomic E-state index is 11.3. The zero-order valence-electron chi connectivity index (χ0n) is 15.3. The molecule has 2 aliphatic heterocycles. The van der Waals surface area contributed by atoms with Crippen LogP contribution in [0.4, 0.5) is 5.69 Å². The van der Waals surface area contributed by atoms with Gasteiger partial charge in [0.2, 0.25) is 0 Å². The number of rotatable bonds is 3. The molecule has 3 heterocycles. The number of fused-ring (bicyclic) bond motifs is 5. The fraction of sp³-hybridized carbons (Fsp3) is 0.300. The molecule has 0 amide bonds. The van der Waals surface area contributed by atoms with E-state index < -0.39 is 0 Å². The Morgan fingerprint density at radius 3 is 2.93 bits per heavy atom. The first kappa shape index (κ1) is 17.1. The number of nitrogens with one attached hydrogen (secondary N) is 2. The van der Waals surface area contributed by atoms with E-state index in [1.165, 1.54) is 5.56 Å². The number of aromatic nitrogens is 1. The molecule has 6 nitrogen and oxygen atoms in total. The first-order chi connectivity index (χ1) is 13.1. The Bertz CT molecular complexity index is 1040. The molecule has 5 rings (SSSR count). The van der Waals surface area contributed by atoms with Gasteiger partial charge in [-0.3, -0.25) is 0 Å². The lowest BCUT2D eigenvalue weighted by molar-refractivity contribution is 0.406. The van der Waals surface area contributed by atoms with Crippen molar-refractivity contribution in [3.63, 3.8) is 0 Å². The van der Waals surface area contributed by atoms with Crippen molar-refractivity contribution in [1.82, 2.24) is 20.3 Å². The second-order valence-electron chi connectivity index (χ2n) is 7.44. The van der Waals surface area contributed by atoms with Crippen LogP contribution in [0.2, 0.25) is 0 Å². The molecule has 2 aromatic carbocycles. The fourth-order valence-electron chi connectivity index (χ4n) is 4.16. The van der Waals surface area contributed by atoms with Gasteiger partial charge in [-0.25, -0.2) is 10.9 Å². The SMILES string of the molecule is CN(C)CCc1ccc2c(c1O)-n1cc(Br)c3cccc(c31)C1NNCN21. The molecule has 140 valence electrons. The van der Waals surface area contributed by atoms with Gasteiger partial charge in [0.25, 0.3) is 0 Å². The number of halogens is 1. The number of aromatic hydroxyl groups is 1. The second-order valence-corrected chi connectivity index (χ2v) is 8.29. The zero-order chi connectivity index (χ0) is 18.7. The maximum atomic E-state index is 11.3. The van der Waals surface area contributed by atoms with Crippen molar-refractivity contribution in [2.24, 2.45) is 0 Å². The summed E-state index contributed by atoms with van der Waals surface area (Å²) in [6, 6.07) is 10.5. The van der Waals surface area contributed by atoms with Crippen molar-refractivity contribution in [1.29, 1.82) is 0 Å². The highest BCUT2D eigenvalue weighted by molar-refractivity contribution is 9.10. The van der Waals surface area contributed by atoms with Gasteiger partial charge in [0, 0.05) is 28.2 Å². The molecule has 2 aliphatic rings. The Morgan fingerprint density at radius 1 is 1.26 bits per heavy atom. The third-order valence-electron chi connectivity index (χ3n) is 5.49. The van der Waals surface area contributed by atoms with Crippen LogP contribution < -0.4 is 15.8 Å². The molecular weight excluding hydrogens is 406 g/mol. The van der Waals surface area contributed by atoms with E-state index in [2.05, 4.69) is 91.8 Å². The molecule has 7 heteroatoms. The number of nitrogens with zero attached hydrogens (tertiary/aromatic N) is 3. The van der Waals surface area contributed by atoms with Gasteiger partial charge in [0.15, 0.2) is 0 Å². The third kappa shape index (κ3) is 2.50. The van der Waals surface area contributed by atoms with Gasteiger partial charge >= 0.3 is 0 Å². The Balaban J connectivity index is 1.80. The van der Waals surface area contributed by atoms with Crippen LogP contribution in [-0.2, 0) is 6.42 Å². The van der Waals surface area contributed by atoms with Crippen LogP contribution in [0.15, 0.2) is 41.0 Å². The number of phenols is 1. The lowest BCUT2D eigenvalue weighted by Crippen LogP contribution is -2.27. The number of hydrazine groups is 1. The summed E-state index contributed by atoms with van der Waals surface area (Å²) in [6.07, 6.45) is 2.89. The molecule has 0 spiro atoms. The predicted molar refractivity (Wildman–Crippen MR) is 111 cm³/mol. The van der Waals surface area contributed by atoms with Gasteiger partial charge in [-0.2, -0.15) is 0 Å². The van der Waals surface area contributed by atoms with Crippen molar-refractivity contribution in [2.45, 2.75) is 12.6 Å². The summed E-state index contributed by atoms with van der Waals surface area (Å²) < 4.78 is 3.17. The zero-order valence-corrected chi connectivity index (χ0v) is 16.9. The molecular formula is C20H22BrN5O. The normalized spacial score (nSPS) is 18.1. The van der Waals surface area contributed by atoms with Gasteiger partial charge in [-0.15, -0.1) is 0 Å². The highest BCUT2D eigenvalue weighted by atomic mass is 79.9. The van der Waals surface area contributed by atoms with Crippen molar-refractivity contribution >= 4 is 32.5 Å². The second kappa shape index (κ2) is 6.24. The summed E-state index contributed by atoms with van der Waals surface area (Å²) in [6.45, 7) is 1.57. The molecule has 27 heavy (non-hydrogen) atoms. The van der Waals surface area contributed by atoms with Gasteiger partial charge in [-0.05, 0) is 48.1 Å². The molecule has 1 saturated heterocycles. The Hall–Kier alpha value is -2.06. The minimum absolute atomic E-state index is 0.0162. The van der Waals surface area contributed by atoms with Gasteiger partial charge in [-0.1, -0.05) is 24.3 Å². The Kier molecular flexibility index (Phi) is 3.94. The maximum Gasteiger partial charge on any atom is 0.144 e. The molecule has 1 atom stereocenters. The van der Waals surface area contributed by atoms with Crippen LogP contribution in [0.5, 0.6) is 5.75 Å². The van der Waals surface area contributed by atoms with Crippen LogP contribution in [0.3, 0.4) is 0 Å². The van der Waals surface area contributed by atoms with Crippen LogP contribution in [0, 0.1) is 0 Å². The lowest BCUT2D eigenvalue weighted by atomic mass is 10.1. The molecule has 3 aromatic rings. The molecule has 0 saturated carbocycles. The summed E-state index contributed by atoms with van der Waals surface area (Å²) in [5.41, 5.74) is 11.8. The number of anilines is 1. The van der Waals surface area contributed by atoms with E-state index in [1.807, 2.05) is 0 Å². The van der Waals surface area contributed by atoms with Crippen molar-refractivity contribution < 1.29 is 5.11 Å². The largest absolute Gasteiger partial charge is 0.505 e. The monoisotopic (exact) mass is 427 g/mol. The Morgan fingerprint density at radius 2 is 2.11 bits per heavy atom. The number of hydrogen-bond acceptors (Lipinski definition) is 5. The summed E-state index contributed by atoms with van der Waals surface area (Å²) in [4.78, 5) is 4.40. The quantitative estimate of drug-likeness (QED) is 0.599. The van der Waals surface area contributed by atoms with Crippen LogP contribution >= 0.6 is 15.9 Å². The molecule has 1 unspecified atom stereocenters. The predicted octanol–water partition coefficient (Wildman–Crippen LogP) is 3.09. The molecule has 1 fully saturated rings. The van der Waals surface area contributed by atoms with Gasteiger partial charge in [0.1, 0.15) is 17.6 Å². The summed E-state index contributed by atoms with van der Waals surface area (Å²) in [7, 11) is 4.10. The summed E-state index contributed by atoms with van der Waals surface area (Å²) in [5, 5.41) is 12.4. The van der Waals surface area contributed by atoms with E-state index >= 15 is 0 Å². The van der Waals surface area contributed by atoms with Gasteiger partial charge < -0.3 is 19.5 Å². The highest BCUT2D eigenvalue weighted by Crippen LogP contribution is 2.46.